The number of rotatable bonds is 5. The highest BCUT2D eigenvalue weighted by Crippen LogP contribution is 2.39. The fourth-order valence-electron chi connectivity index (χ4n) is 3.37. The summed E-state index contributed by atoms with van der Waals surface area (Å²) >= 11 is 0. The molecule has 0 radical (unpaired) electrons. The number of carbonyl (C=O) groups excluding carboxylic acids is 3. The molecule has 0 spiro atoms. The third-order valence-corrected chi connectivity index (χ3v) is 5.21. The predicted molar refractivity (Wildman–Crippen MR) is 111 cm³/mol. The molecule has 3 amide bonds. The maximum atomic E-state index is 13.2. The van der Waals surface area contributed by atoms with E-state index in [1.54, 1.807) is 42.5 Å². The van der Waals surface area contributed by atoms with Crippen molar-refractivity contribution < 1.29 is 41.1 Å². The van der Waals surface area contributed by atoms with Crippen LogP contribution in [0.5, 0.6) is 0 Å². The van der Waals surface area contributed by atoms with E-state index < -0.39 is 48.7 Å². The highest BCUT2D eigenvalue weighted by molar-refractivity contribution is 6.06. The van der Waals surface area contributed by atoms with Crippen LogP contribution in [0.2, 0.25) is 0 Å². The normalized spacial score (nSPS) is 16.6. The van der Waals surface area contributed by atoms with Crippen LogP contribution < -0.4 is 15.5 Å². The number of amides is 3. The molecule has 1 heterocycles. The van der Waals surface area contributed by atoms with E-state index in [-0.39, 0.29) is 0 Å². The van der Waals surface area contributed by atoms with Gasteiger partial charge in [-0.25, -0.2) is 4.79 Å². The third-order valence-electron chi connectivity index (χ3n) is 5.21. The molecule has 0 saturated heterocycles. The Balaban J connectivity index is 1.74. The Morgan fingerprint density at radius 1 is 1.03 bits per heavy atom. The zero-order chi connectivity index (χ0) is 25.3. The topological polar surface area (TPSA) is 87.7 Å². The summed E-state index contributed by atoms with van der Waals surface area (Å²) in [6.07, 6.45) is -9.11. The summed E-state index contributed by atoms with van der Waals surface area (Å²) in [5.74, 6) is -6.62. The number of para-hydroxylation sites is 1. The van der Waals surface area contributed by atoms with Crippen LogP contribution in [-0.2, 0) is 14.3 Å². The van der Waals surface area contributed by atoms with Crippen molar-refractivity contribution in [2.75, 3.05) is 18.5 Å². The molecule has 2 atom stereocenters. The molecular weight excluding hydrogens is 465 g/mol. The lowest BCUT2D eigenvalue weighted by molar-refractivity contribution is -0.278. The number of fused-ring (bicyclic) bond motifs is 3. The lowest BCUT2D eigenvalue weighted by atomic mass is 9.95. The number of hydrogen-bond donors (Lipinski definition) is 2. The number of anilines is 1. The number of alkyl halides is 5. The summed E-state index contributed by atoms with van der Waals surface area (Å²) in [6.45, 7) is -0.969. The second-order valence-electron chi connectivity index (χ2n) is 7.55. The van der Waals surface area contributed by atoms with Gasteiger partial charge in [-0.3, -0.25) is 9.59 Å². The highest BCUT2D eigenvalue weighted by atomic mass is 19.4. The monoisotopic (exact) mass is 485 g/mol. The number of nitrogens with zero attached hydrogens (tertiary/aromatic N) is 1. The molecule has 3 rings (SSSR count). The van der Waals surface area contributed by atoms with E-state index in [0.29, 0.717) is 16.8 Å². The number of likely N-dealkylation sites (N-methyl/N-ethyl adjacent to an activating group) is 1. The van der Waals surface area contributed by atoms with Gasteiger partial charge in [-0.15, -0.1) is 0 Å². The first-order valence-electron chi connectivity index (χ1n) is 9.99. The first-order valence-corrected chi connectivity index (χ1v) is 9.99. The summed E-state index contributed by atoms with van der Waals surface area (Å²) in [5, 5.41) is 3.75. The van der Waals surface area contributed by atoms with Crippen molar-refractivity contribution >= 4 is 23.6 Å². The molecule has 1 aliphatic rings. The number of hydrogen-bond acceptors (Lipinski definition) is 4. The summed E-state index contributed by atoms with van der Waals surface area (Å²) in [5.41, 5.74) is 2.51. The molecule has 0 bridgehead atoms. The first-order chi connectivity index (χ1) is 15.8. The number of nitrogens with one attached hydrogen (secondary N) is 2. The van der Waals surface area contributed by atoms with Gasteiger partial charge in [0.1, 0.15) is 6.04 Å². The molecule has 0 aromatic heterocycles. The highest BCUT2D eigenvalue weighted by Gasteiger charge is 2.57. The summed E-state index contributed by atoms with van der Waals surface area (Å²) < 4.78 is 67.2. The van der Waals surface area contributed by atoms with Crippen molar-refractivity contribution in [3.05, 3.63) is 54.1 Å². The minimum atomic E-state index is -5.86. The van der Waals surface area contributed by atoms with Crippen LogP contribution >= 0.6 is 0 Å². The van der Waals surface area contributed by atoms with Crippen LogP contribution in [0, 0.1) is 0 Å². The van der Waals surface area contributed by atoms with Gasteiger partial charge in [0.15, 0.2) is 6.10 Å². The van der Waals surface area contributed by atoms with Crippen molar-refractivity contribution in [3.8, 4) is 11.1 Å². The number of halogens is 5. The molecule has 0 fully saturated rings. The molecule has 34 heavy (non-hydrogen) atoms. The smallest absolute Gasteiger partial charge is 0.436 e. The second kappa shape index (κ2) is 9.27. The van der Waals surface area contributed by atoms with Gasteiger partial charge in [0.2, 0.25) is 0 Å². The fourth-order valence-corrected chi connectivity index (χ4v) is 3.37. The van der Waals surface area contributed by atoms with E-state index in [2.05, 4.69) is 10.1 Å². The van der Waals surface area contributed by atoms with E-state index in [9.17, 15) is 36.3 Å². The van der Waals surface area contributed by atoms with Crippen LogP contribution in [0.1, 0.15) is 18.5 Å². The standard InChI is InChI=1S/C22H20F5N3O4/c1-12(34-20(33)28-11-21(23,24)22(25,26)27)18(31)29-17-15-9-4-3-7-13(15)14-8-5-6-10-16(14)30(2)19(17)32/h3-10,12,17H,11H2,1-2H3,(H,28,33)(H,29,31)/t12-,17-/m0/s1. The molecule has 0 saturated carbocycles. The summed E-state index contributed by atoms with van der Waals surface area (Å²) in [6, 6.07) is 12.8. The molecule has 2 N–H and O–H groups in total. The Labute approximate surface area is 190 Å². The average molecular weight is 485 g/mol. The second-order valence-corrected chi connectivity index (χ2v) is 7.55. The van der Waals surface area contributed by atoms with Crippen LogP contribution in [0.4, 0.5) is 32.4 Å². The molecular formula is C22H20F5N3O4. The SMILES string of the molecule is C[C@H](OC(=O)NCC(F)(F)C(F)(F)F)C(=O)N[C@@H]1C(=O)N(C)c2ccccc2-c2ccccc21. The maximum Gasteiger partial charge on any atom is 0.455 e. The summed E-state index contributed by atoms with van der Waals surface area (Å²) in [4.78, 5) is 38.8. The summed E-state index contributed by atoms with van der Waals surface area (Å²) in [7, 11) is 1.53. The molecule has 0 unspecified atom stereocenters. The van der Waals surface area contributed by atoms with Crippen LogP contribution in [0.15, 0.2) is 48.5 Å². The Hall–Kier alpha value is -3.70. The molecule has 0 aliphatic carbocycles. The largest absolute Gasteiger partial charge is 0.455 e. The molecule has 7 nitrogen and oxygen atoms in total. The van der Waals surface area contributed by atoms with Gasteiger partial charge in [-0.05, 0) is 24.1 Å². The van der Waals surface area contributed by atoms with Gasteiger partial charge in [0, 0.05) is 12.6 Å². The van der Waals surface area contributed by atoms with Crippen LogP contribution in [-0.4, -0.2) is 49.7 Å². The number of carbonyl (C=O) groups is 3. The zero-order valence-electron chi connectivity index (χ0n) is 18.0. The van der Waals surface area contributed by atoms with Gasteiger partial charge >= 0.3 is 18.2 Å². The van der Waals surface area contributed by atoms with Gasteiger partial charge in [0.05, 0.1) is 12.2 Å². The predicted octanol–water partition coefficient (Wildman–Crippen LogP) is 3.80. The van der Waals surface area contributed by atoms with Gasteiger partial charge in [-0.1, -0.05) is 42.5 Å². The first kappa shape index (κ1) is 24.9. The molecule has 182 valence electrons. The van der Waals surface area contributed by atoms with E-state index in [4.69, 9.17) is 0 Å². The number of benzene rings is 2. The van der Waals surface area contributed by atoms with Gasteiger partial charge < -0.3 is 20.3 Å². The van der Waals surface area contributed by atoms with Crippen molar-refractivity contribution in [3.63, 3.8) is 0 Å². The molecule has 12 heteroatoms. The van der Waals surface area contributed by atoms with Crippen LogP contribution in [0.3, 0.4) is 0 Å². The Morgan fingerprint density at radius 3 is 2.26 bits per heavy atom. The molecule has 2 aromatic carbocycles. The Bertz CT molecular complexity index is 1110. The number of alkyl carbamates (subject to hydrolysis) is 1. The van der Waals surface area contributed by atoms with Crippen molar-refractivity contribution in [1.29, 1.82) is 0 Å². The third kappa shape index (κ3) is 4.95. The van der Waals surface area contributed by atoms with Crippen molar-refractivity contribution in [2.45, 2.75) is 31.2 Å². The minimum Gasteiger partial charge on any atom is -0.436 e. The van der Waals surface area contributed by atoms with E-state index in [1.165, 1.54) is 17.3 Å². The molecule has 1 aliphatic heterocycles. The quantitative estimate of drug-likeness (QED) is 0.631. The minimum absolute atomic E-state index is 0.471. The van der Waals surface area contributed by atoms with Crippen molar-refractivity contribution in [1.82, 2.24) is 10.6 Å². The Morgan fingerprint density at radius 2 is 1.62 bits per heavy atom. The Kier molecular flexibility index (Phi) is 6.80. The molecule has 2 aromatic rings. The van der Waals surface area contributed by atoms with Gasteiger partial charge in [0.25, 0.3) is 11.8 Å². The van der Waals surface area contributed by atoms with E-state index in [1.807, 2.05) is 6.07 Å². The van der Waals surface area contributed by atoms with Crippen molar-refractivity contribution in [2.24, 2.45) is 0 Å². The lowest BCUT2D eigenvalue weighted by Gasteiger charge is -2.24. The van der Waals surface area contributed by atoms with E-state index in [0.717, 1.165) is 12.5 Å². The van der Waals surface area contributed by atoms with Gasteiger partial charge in [-0.2, -0.15) is 22.0 Å². The lowest BCUT2D eigenvalue weighted by Crippen LogP contribution is -2.48. The van der Waals surface area contributed by atoms with Crippen LogP contribution in [0.25, 0.3) is 11.1 Å². The average Bonchev–Trinajstić information content (AvgIpc) is 2.87. The van der Waals surface area contributed by atoms with E-state index >= 15 is 0 Å². The number of ether oxygens (including phenoxy) is 1. The fraction of sp³-hybridized carbons (Fsp3) is 0.318. The maximum absolute atomic E-state index is 13.2. The zero-order valence-corrected chi connectivity index (χ0v) is 18.0.